The fourth-order valence-corrected chi connectivity index (χ4v) is 12.5. The van der Waals surface area contributed by atoms with E-state index >= 15 is 0 Å². The van der Waals surface area contributed by atoms with Gasteiger partial charge in [-0.25, -0.2) is 4.79 Å². The highest BCUT2D eigenvalue weighted by Gasteiger charge is 2.82. The number of phenols is 1. The van der Waals surface area contributed by atoms with Gasteiger partial charge in [0.1, 0.15) is 6.10 Å². The van der Waals surface area contributed by atoms with Crippen LogP contribution in [0.15, 0.2) is 35.9 Å². The molecule has 44 heavy (non-hydrogen) atoms. The number of benzene rings is 1. The minimum Gasteiger partial charge on any atom is -0.504 e. The number of allylic oxidation sites excluding steroid dienone is 2. The molecule has 2 spiro atoms. The van der Waals surface area contributed by atoms with Crippen molar-refractivity contribution in [1.82, 2.24) is 0 Å². The Bertz CT molecular complexity index is 1340. The van der Waals surface area contributed by atoms with Crippen molar-refractivity contribution in [3.8, 4) is 11.5 Å². The number of methoxy groups -OCH3 is 1. The van der Waals surface area contributed by atoms with Crippen LogP contribution in [0.4, 0.5) is 0 Å². The maximum atomic E-state index is 13.1. The van der Waals surface area contributed by atoms with Crippen LogP contribution in [-0.2, 0) is 9.53 Å². The van der Waals surface area contributed by atoms with Crippen molar-refractivity contribution in [2.45, 2.75) is 125 Å². The summed E-state index contributed by atoms with van der Waals surface area (Å²) >= 11 is 0. The number of hydrogen-bond acceptors (Lipinski definition) is 4. The van der Waals surface area contributed by atoms with Gasteiger partial charge < -0.3 is 14.6 Å². The molecule has 0 aromatic heterocycles. The molecule has 5 aliphatic rings. The summed E-state index contributed by atoms with van der Waals surface area (Å²) in [7, 11) is 1.53. The number of aromatic hydroxyl groups is 1. The Morgan fingerprint density at radius 1 is 0.977 bits per heavy atom. The van der Waals surface area contributed by atoms with Gasteiger partial charge in [0.05, 0.1) is 7.11 Å². The third-order valence-electron chi connectivity index (χ3n) is 14.8. The van der Waals surface area contributed by atoms with E-state index in [-0.39, 0.29) is 23.2 Å². The Labute approximate surface area is 267 Å². The van der Waals surface area contributed by atoms with Gasteiger partial charge in [0.2, 0.25) is 0 Å². The number of carbonyl (C=O) groups excluding carboxylic acids is 1. The molecule has 1 aromatic carbocycles. The van der Waals surface area contributed by atoms with E-state index in [1.165, 1.54) is 83.0 Å². The number of fused-ring (bicyclic) bond motifs is 2. The van der Waals surface area contributed by atoms with E-state index in [0.717, 1.165) is 29.7 Å². The van der Waals surface area contributed by atoms with Gasteiger partial charge in [0, 0.05) is 11.5 Å². The molecule has 0 unspecified atom stereocenters. The summed E-state index contributed by atoms with van der Waals surface area (Å²) in [6.45, 7) is 17.2. The monoisotopic (exact) mass is 602 g/mol. The molecule has 5 fully saturated rings. The maximum Gasteiger partial charge on any atom is 0.331 e. The lowest BCUT2D eigenvalue weighted by atomic mass is 9.41. The Balaban J connectivity index is 1.15. The molecule has 242 valence electrons. The summed E-state index contributed by atoms with van der Waals surface area (Å²) in [5.41, 5.74) is 4.08. The van der Waals surface area contributed by atoms with Crippen LogP contribution in [0.3, 0.4) is 0 Å². The molecule has 4 heteroatoms. The van der Waals surface area contributed by atoms with E-state index in [2.05, 4.69) is 54.5 Å². The molecule has 9 atom stereocenters. The van der Waals surface area contributed by atoms with E-state index in [1.54, 1.807) is 24.3 Å². The predicted molar refractivity (Wildman–Crippen MR) is 178 cm³/mol. The molecule has 6 rings (SSSR count). The predicted octanol–water partition coefficient (Wildman–Crippen LogP) is 10.1. The molecule has 0 amide bonds. The van der Waals surface area contributed by atoms with Crippen LogP contribution in [0.5, 0.6) is 11.5 Å². The van der Waals surface area contributed by atoms with Gasteiger partial charge in [-0.1, -0.05) is 52.3 Å². The zero-order valence-electron chi connectivity index (χ0n) is 28.8. The SMILES string of the molecule is COc1cc(/C=C/C(=O)O[C@H]2CC[C@]34C[C@]35CC[C@]3(C)[C@@H]([C@H](C)CCC=C(C)C)CC[C@@]3(C)[C@@H]5CC[C@@H]4C2(C)C)ccc1O. The molecule has 0 radical (unpaired) electrons. The third-order valence-corrected chi connectivity index (χ3v) is 14.8. The van der Waals surface area contributed by atoms with Crippen molar-refractivity contribution in [1.29, 1.82) is 0 Å². The van der Waals surface area contributed by atoms with Crippen molar-refractivity contribution in [3.05, 3.63) is 41.5 Å². The molecule has 0 heterocycles. The number of hydrogen-bond donors (Lipinski definition) is 1. The van der Waals surface area contributed by atoms with Gasteiger partial charge in [-0.15, -0.1) is 0 Å². The van der Waals surface area contributed by atoms with Gasteiger partial charge in [-0.3, -0.25) is 0 Å². The first-order valence-electron chi connectivity index (χ1n) is 17.6. The first-order chi connectivity index (χ1) is 20.7. The number of ether oxygens (including phenoxy) is 2. The second-order valence-corrected chi connectivity index (χ2v) is 17.0. The molecule has 1 aromatic rings. The largest absolute Gasteiger partial charge is 0.504 e. The van der Waals surface area contributed by atoms with Crippen molar-refractivity contribution < 1.29 is 19.4 Å². The second-order valence-electron chi connectivity index (χ2n) is 17.0. The van der Waals surface area contributed by atoms with Crippen molar-refractivity contribution in [3.63, 3.8) is 0 Å². The minimum absolute atomic E-state index is 0.0305. The fraction of sp³-hybridized carbons (Fsp3) is 0.725. The molecule has 0 saturated heterocycles. The van der Waals surface area contributed by atoms with E-state index in [9.17, 15) is 9.90 Å². The lowest BCUT2D eigenvalue weighted by Gasteiger charge is -2.63. The van der Waals surface area contributed by atoms with Gasteiger partial charge in [-0.2, -0.15) is 0 Å². The molecule has 0 bridgehead atoms. The van der Waals surface area contributed by atoms with Crippen LogP contribution in [0, 0.1) is 50.7 Å². The Hall–Kier alpha value is -2.23. The zero-order valence-corrected chi connectivity index (χ0v) is 28.8. The fourth-order valence-electron chi connectivity index (χ4n) is 12.5. The first kappa shape index (κ1) is 31.7. The summed E-state index contributed by atoms with van der Waals surface area (Å²) in [6.07, 6.45) is 20.1. The molecule has 5 saturated carbocycles. The van der Waals surface area contributed by atoms with E-state index in [0.29, 0.717) is 33.3 Å². The third kappa shape index (κ3) is 4.62. The average molecular weight is 603 g/mol. The van der Waals surface area contributed by atoms with Crippen LogP contribution >= 0.6 is 0 Å². The zero-order chi connectivity index (χ0) is 31.7. The Morgan fingerprint density at radius 2 is 1.70 bits per heavy atom. The summed E-state index contributed by atoms with van der Waals surface area (Å²) in [6, 6.07) is 5.09. The number of rotatable bonds is 8. The molecule has 4 nitrogen and oxygen atoms in total. The number of carbonyl (C=O) groups is 1. The Morgan fingerprint density at radius 3 is 2.43 bits per heavy atom. The van der Waals surface area contributed by atoms with E-state index in [1.807, 2.05) is 0 Å². The van der Waals surface area contributed by atoms with E-state index in [4.69, 9.17) is 9.47 Å². The van der Waals surface area contributed by atoms with E-state index < -0.39 is 0 Å². The standard InChI is InChI=1S/C40H58O4/c1-26(2)10-9-11-27(3)29-18-20-38(7)33-16-15-32-36(4,5)34(19-21-39(32)25-40(33,39)23-22-37(29,38)6)44-35(42)17-13-28-12-14-30(41)31(24-28)43-8/h10,12-14,17,24,27,29,32-34,41H,9,11,15-16,18-23,25H2,1-8H3/b17-13+/t27-,29-,32-,33+,34+,37-,38+,39-,40+/m1/s1. The quantitative estimate of drug-likeness (QED) is 0.183. The maximum absolute atomic E-state index is 13.1. The summed E-state index contributed by atoms with van der Waals surface area (Å²) in [5, 5.41) is 9.88. The van der Waals surface area contributed by atoms with Gasteiger partial charge in [-0.05, 0) is 154 Å². The molecule has 0 aliphatic heterocycles. The summed E-state index contributed by atoms with van der Waals surface area (Å²) < 4.78 is 11.4. The van der Waals surface area contributed by atoms with Crippen LogP contribution in [-0.4, -0.2) is 24.3 Å². The van der Waals surface area contributed by atoms with Crippen LogP contribution in [0.25, 0.3) is 6.08 Å². The molecule has 1 N–H and O–H groups in total. The minimum atomic E-state index is -0.276. The van der Waals surface area contributed by atoms with Crippen molar-refractivity contribution in [2.75, 3.05) is 7.11 Å². The van der Waals surface area contributed by atoms with Crippen molar-refractivity contribution >= 4 is 12.0 Å². The summed E-state index contributed by atoms with van der Waals surface area (Å²) in [4.78, 5) is 13.1. The average Bonchev–Trinajstić information content (AvgIpc) is 3.55. The highest BCUT2D eigenvalue weighted by Crippen LogP contribution is 2.89. The van der Waals surface area contributed by atoms with Crippen LogP contribution < -0.4 is 4.74 Å². The van der Waals surface area contributed by atoms with Gasteiger partial charge in [0.25, 0.3) is 0 Å². The topological polar surface area (TPSA) is 55.8 Å². The second kappa shape index (κ2) is 10.9. The highest BCUT2D eigenvalue weighted by atomic mass is 16.5. The lowest BCUT2D eigenvalue weighted by Crippen LogP contribution is -2.58. The highest BCUT2D eigenvalue weighted by molar-refractivity contribution is 5.87. The Kier molecular flexibility index (Phi) is 7.89. The molecular weight excluding hydrogens is 544 g/mol. The van der Waals surface area contributed by atoms with Gasteiger partial charge >= 0.3 is 5.97 Å². The van der Waals surface area contributed by atoms with Gasteiger partial charge in [0.15, 0.2) is 11.5 Å². The van der Waals surface area contributed by atoms with Crippen LogP contribution in [0.2, 0.25) is 0 Å². The lowest BCUT2D eigenvalue weighted by molar-refractivity contribution is -0.179. The molecular formula is C40H58O4. The summed E-state index contributed by atoms with van der Waals surface area (Å²) in [5.74, 6) is 3.33. The van der Waals surface area contributed by atoms with Crippen LogP contribution in [0.1, 0.15) is 125 Å². The molecule has 5 aliphatic carbocycles. The normalized spacial score (nSPS) is 40.6. The smallest absolute Gasteiger partial charge is 0.331 e. The first-order valence-corrected chi connectivity index (χ1v) is 17.6. The van der Waals surface area contributed by atoms with Crippen molar-refractivity contribution in [2.24, 2.45) is 50.7 Å². The number of phenolic OH excluding ortho intramolecular Hbond substituents is 1. The number of esters is 1.